The van der Waals surface area contributed by atoms with Gasteiger partial charge in [0.15, 0.2) is 0 Å². The van der Waals surface area contributed by atoms with E-state index in [-0.39, 0.29) is 21.7 Å². The summed E-state index contributed by atoms with van der Waals surface area (Å²) in [7, 11) is 0. The maximum Gasteiger partial charge on any atom is 0.252 e. The van der Waals surface area contributed by atoms with Crippen molar-refractivity contribution in [1.82, 2.24) is 9.13 Å². The van der Waals surface area contributed by atoms with E-state index < -0.39 is 35.7 Å². The Morgan fingerprint density at radius 2 is 0.531 bits per heavy atom. The van der Waals surface area contributed by atoms with Crippen molar-refractivity contribution in [3.8, 4) is 55.9 Å². The molecule has 0 spiro atoms. The fourth-order valence-electron chi connectivity index (χ4n) is 17.7. The van der Waals surface area contributed by atoms with Crippen LogP contribution in [0.5, 0.6) is 0 Å². The fraction of sp³-hybridized carbons (Fsp3) is 0.278. The van der Waals surface area contributed by atoms with Crippen LogP contribution < -0.4 is 26.2 Å². The molecular weight excluding hydrogens is 1360 g/mol. The maximum absolute atomic E-state index is 10.3. The van der Waals surface area contributed by atoms with Crippen LogP contribution >= 0.6 is 0 Å². The minimum absolute atomic E-state index is 0.107. The Morgan fingerprint density at radius 3 is 0.779 bits per heavy atom. The van der Waals surface area contributed by atoms with E-state index in [1.165, 1.54) is 43.8 Å². The minimum atomic E-state index is -1.79. The summed E-state index contributed by atoms with van der Waals surface area (Å²) >= 11 is 0. The van der Waals surface area contributed by atoms with Gasteiger partial charge in [0.05, 0.1) is 33.4 Å². The number of aromatic nitrogens is 2. The smallest absolute Gasteiger partial charge is 0.252 e. The molecule has 17 rings (SSSR count). The van der Waals surface area contributed by atoms with Gasteiger partial charge in [-0.15, -0.1) is 0 Å². The lowest BCUT2D eigenvalue weighted by Crippen LogP contribution is -2.61. The van der Waals surface area contributed by atoms with Crippen LogP contribution in [0.25, 0.3) is 99.5 Å². The summed E-state index contributed by atoms with van der Waals surface area (Å²) in [6, 6.07) is 99.7. The Morgan fingerprint density at radius 1 is 0.265 bits per heavy atom. The van der Waals surface area contributed by atoms with Crippen molar-refractivity contribution in [2.24, 2.45) is 10.8 Å². The standard InChI is InChI=1S/C108H111BN4/c1-102(2,3)66-68-54-81(70-34-26-22-27-35-70)100(82(55-68)71-36-28-23-29-37-71)112-95-64-79(110-91-50-42-74(104(7,8)9)58-85(91)86-59-75(105(10,11)12)43-51-92(86)110)46-48-89(95)109-90-49-47-80(111-93-52-44-76(106(13,14)15)60-87(93)88-61-77(107(16,17)18)45-53-94(88)111)65-96(90)113(98-63-78(108(19,20)21)62-97(112)99(98)109)101-83(72-38-30-24-31-39-72)56-69(67-103(4,5)6)57-84(101)73-40-32-25-33-41-73/h22-65H,66-67H2,1-21H3/i66D2,67D2. The first-order valence-corrected chi connectivity index (χ1v) is 40.8. The summed E-state index contributed by atoms with van der Waals surface area (Å²) in [4.78, 5) is 5.22. The van der Waals surface area contributed by atoms with Gasteiger partial charge < -0.3 is 18.9 Å². The van der Waals surface area contributed by atoms with Gasteiger partial charge in [0.25, 0.3) is 6.71 Å². The lowest BCUT2D eigenvalue weighted by Gasteiger charge is -2.46. The van der Waals surface area contributed by atoms with Gasteiger partial charge in [-0.3, -0.25) is 0 Å². The predicted octanol–water partition coefficient (Wildman–Crippen LogP) is 28.3. The van der Waals surface area contributed by atoms with Crippen molar-refractivity contribution in [2.75, 3.05) is 9.80 Å². The fourth-order valence-corrected chi connectivity index (χ4v) is 17.7. The third-order valence-corrected chi connectivity index (χ3v) is 23.5. The van der Waals surface area contributed by atoms with E-state index in [4.69, 9.17) is 0 Å². The molecule has 2 aliphatic heterocycles. The van der Waals surface area contributed by atoms with Gasteiger partial charge >= 0.3 is 0 Å². The van der Waals surface area contributed by atoms with E-state index in [1.807, 2.05) is 41.5 Å². The summed E-state index contributed by atoms with van der Waals surface area (Å²) in [5.74, 6) is 0. The van der Waals surface area contributed by atoms with Crippen LogP contribution in [0.1, 0.15) is 190 Å². The van der Waals surface area contributed by atoms with Crippen LogP contribution in [0.15, 0.2) is 267 Å². The molecule has 2 aliphatic rings. The van der Waals surface area contributed by atoms with Gasteiger partial charge in [-0.1, -0.05) is 303 Å². The molecule has 0 atom stereocenters. The van der Waals surface area contributed by atoms with Crippen molar-refractivity contribution in [3.05, 3.63) is 306 Å². The first-order chi connectivity index (χ1) is 55.0. The number of fused-ring (bicyclic) bond motifs is 10. The van der Waals surface area contributed by atoms with E-state index in [0.717, 1.165) is 134 Å². The number of hydrogen-bond acceptors (Lipinski definition) is 2. The van der Waals surface area contributed by atoms with Gasteiger partial charge in [-0.05, 0) is 237 Å². The Bertz CT molecular complexity index is 5830. The lowest BCUT2D eigenvalue weighted by molar-refractivity contribution is 0.411. The number of nitrogens with zero attached hydrogens (tertiary/aromatic N) is 4. The summed E-state index contributed by atoms with van der Waals surface area (Å²) < 4.78 is 46.4. The molecule has 0 unspecified atom stereocenters. The van der Waals surface area contributed by atoms with Crippen molar-refractivity contribution in [3.63, 3.8) is 0 Å². The summed E-state index contributed by atoms with van der Waals surface area (Å²) in [5.41, 5.74) is 28.2. The van der Waals surface area contributed by atoms with Crippen molar-refractivity contribution in [2.45, 2.75) is 185 Å². The second-order valence-electron chi connectivity index (χ2n) is 39.4. The molecule has 0 fully saturated rings. The van der Waals surface area contributed by atoms with Gasteiger partial charge in [-0.2, -0.15) is 0 Å². The maximum atomic E-state index is 10.3. The zero-order valence-corrected chi connectivity index (χ0v) is 70.3. The quantitative estimate of drug-likeness (QED) is 0.127. The highest BCUT2D eigenvalue weighted by atomic mass is 15.2. The normalized spacial score (nSPS) is 14.3. The van der Waals surface area contributed by atoms with Crippen LogP contribution in [-0.4, -0.2) is 15.8 Å². The summed E-state index contributed by atoms with van der Waals surface area (Å²) in [6.07, 6.45) is -3.58. The highest BCUT2D eigenvalue weighted by Crippen LogP contribution is 2.56. The first kappa shape index (κ1) is 70.0. The average Bonchev–Trinajstić information content (AvgIpc) is 0.963. The predicted molar refractivity (Wildman–Crippen MR) is 491 cm³/mol. The topological polar surface area (TPSA) is 16.3 Å². The Balaban J connectivity index is 1.08. The molecule has 4 nitrogen and oxygen atoms in total. The molecule has 15 aromatic rings. The molecule has 5 heteroatoms. The van der Waals surface area contributed by atoms with Gasteiger partial charge in [0.1, 0.15) is 0 Å². The van der Waals surface area contributed by atoms with E-state index in [0.29, 0.717) is 11.1 Å². The lowest BCUT2D eigenvalue weighted by atomic mass is 9.33. The number of anilines is 6. The Labute approximate surface area is 678 Å². The number of hydrogen-bond donors (Lipinski definition) is 0. The monoisotopic (exact) mass is 1480 g/mol. The Kier molecular flexibility index (Phi) is 16.7. The zero-order valence-electron chi connectivity index (χ0n) is 74.3. The SMILES string of the molecule is [2H]C([2H])(c1cc(-c2ccccc2)c(N2c3cc(-n4c5ccc(C(C)(C)C)cc5c5cc(C(C)(C)C)ccc54)ccc3B3c4ccc(-n5c6ccc(C(C)(C)C)cc6c6cc(C(C)(C)C)ccc65)cc4N(c4c(-c5ccccc5)cc(C([2H])([2H])C(C)(C)C)cc4-c4ccccc4)c4cc(C(C)(C)C)cc2c43)c(-c2ccccc2)c1)C(C)(C)C. The van der Waals surface area contributed by atoms with E-state index in [1.54, 1.807) is 0 Å². The second kappa shape index (κ2) is 26.9. The molecule has 113 heavy (non-hydrogen) atoms. The van der Waals surface area contributed by atoms with Crippen LogP contribution in [0.4, 0.5) is 34.1 Å². The third-order valence-electron chi connectivity index (χ3n) is 23.5. The first-order valence-electron chi connectivity index (χ1n) is 42.8. The van der Waals surface area contributed by atoms with E-state index >= 15 is 0 Å². The summed E-state index contributed by atoms with van der Waals surface area (Å²) in [5, 5.41) is 4.84. The van der Waals surface area contributed by atoms with Crippen LogP contribution in [0, 0.1) is 10.8 Å². The largest absolute Gasteiger partial charge is 0.310 e. The van der Waals surface area contributed by atoms with E-state index in [2.05, 4.69) is 390 Å². The second-order valence-corrected chi connectivity index (χ2v) is 39.4. The van der Waals surface area contributed by atoms with Gasteiger partial charge in [-0.25, -0.2) is 0 Å². The van der Waals surface area contributed by atoms with E-state index in [9.17, 15) is 5.48 Å². The number of rotatable bonds is 10. The highest BCUT2D eigenvalue weighted by molar-refractivity contribution is 7.00. The van der Waals surface area contributed by atoms with Crippen molar-refractivity contribution < 1.29 is 5.48 Å². The van der Waals surface area contributed by atoms with Crippen LogP contribution in [0.2, 0.25) is 0 Å². The minimum Gasteiger partial charge on any atom is -0.310 e. The van der Waals surface area contributed by atoms with Crippen molar-refractivity contribution >= 4 is 101 Å². The molecule has 2 aromatic heterocycles. The molecule has 13 aromatic carbocycles. The summed E-state index contributed by atoms with van der Waals surface area (Å²) in [6.45, 7) is 46.5. The average molecular weight is 1480 g/mol. The van der Waals surface area contributed by atoms with Crippen LogP contribution in [-0.2, 0) is 39.8 Å². The molecule has 0 saturated heterocycles. The van der Waals surface area contributed by atoms with Crippen LogP contribution in [0.3, 0.4) is 0 Å². The molecule has 4 heterocycles. The number of benzene rings is 13. The molecule has 0 saturated carbocycles. The zero-order chi connectivity index (χ0) is 83.1. The van der Waals surface area contributed by atoms with Gasteiger partial charge in [0.2, 0.25) is 0 Å². The Hall–Kier alpha value is -10.9. The molecule has 0 bridgehead atoms. The molecule has 566 valence electrons. The molecule has 0 radical (unpaired) electrons. The third kappa shape index (κ3) is 13.5. The molecule has 0 N–H and O–H groups in total. The molecule has 0 aliphatic carbocycles. The molecular formula is C108H111BN4. The van der Waals surface area contributed by atoms with Crippen molar-refractivity contribution in [1.29, 1.82) is 0 Å². The highest BCUT2D eigenvalue weighted by Gasteiger charge is 2.47. The van der Waals surface area contributed by atoms with Gasteiger partial charge in [0, 0.05) is 83.4 Å². The molecule has 0 amide bonds.